The SMILES string of the molecule is CCNC(COCCOC)c1cncc(OC)c1. The number of aromatic nitrogens is 1. The third-order valence-corrected chi connectivity index (χ3v) is 2.54. The van der Waals surface area contributed by atoms with Crippen LogP contribution in [0.4, 0.5) is 0 Å². The summed E-state index contributed by atoms with van der Waals surface area (Å²) in [4.78, 5) is 4.16. The van der Waals surface area contributed by atoms with Gasteiger partial charge >= 0.3 is 0 Å². The summed E-state index contributed by atoms with van der Waals surface area (Å²) in [5, 5.41) is 3.37. The van der Waals surface area contributed by atoms with Crippen LogP contribution >= 0.6 is 0 Å². The van der Waals surface area contributed by atoms with Crippen molar-refractivity contribution in [2.24, 2.45) is 0 Å². The fourth-order valence-corrected chi connectivity index (χ4v) is 1.60. The molecule has 1 unspecified atom stereocenters. The van der Waals surface area contributed by atoms with E-state index in [1.807, 2.05) is 12.3 Å². The molecule has 5 heteroatoms. The van der Waals surface area contributed by atoms with Gasteiger partial charge in [0.05, 0.1) is 39.2 Å². The number of hydrogen-bond acceptors (Lipinski definition) is 5. The van der Waals surface area contributed by atoms with Gasteiger partial charge in [-0.1, -0.05) is 6.92 Å². The monoisotopic (exact) mass is 254 g/mol. The lowest BCUT2D eigenvalue weighted by Crippen LogP contribution is -2.26. The Labute approximate surface area is 108 Å². The predicted molar refractivity (Wildman–Crippen MR) is 69.9 cm³/mol. The number of pyridine rings is 1. The molecule has 102 valence electrons. The predicted octanol–water partition coefficient (Wildman–Crippen LogP) is 1.40. The fourth-order valence-electron chi connectivity index (χ4n) is 1.60. The third kappa shape index (κ3) is 5.00. The Hall–Kier alpha value is -1.17. The quantitative estimate of drug-likeness (QED) is 0.675. The summed E-state index contributed by atoms with van der Waals surface area (Å²) < 4.78 is 15.7. The molecular formula is C13H22N2O3. The molecule has 18 heavy (non-hydrogen) atoms. The van der Waals surface area contributed by atoms with Gasteiger partial charge in [0, 0.05) is 13.3 Å². The van der Waals surface area contributed by atoms with Gasteiger partial charge in [-0.2, -0.15) is 0 Å². The summed E-state index contributed by atoms with van der Waals surface area (Å²) in [6, 6.07) is 2.09. The highest BCUT2D eigenvalue weighted by atomic mass is 16.5. The molecule has 1 aromatic heterocycles. The van der Waals surface area contributed by atoms with Crippen LogP contribution in [0, 0.1) is 0 Å². The Morgan fingerprint density at radius 2 is 2.11 bits per heavy atom. The zero-order valence-corrected chi connectivity index (χ0v) is 11.3. The fraction of sp³-hybridized carbons (Fsp3) is 0.615. The maximum atomic E-state index is 5.56. The van der Waals surface area contributed by atoms with Gasteiger partial charge in [0.1, 0.15) is 5.75 Å². The van der Waals surface area contributed by atoms with Gasteiger partial charge in [0.15, 0.2) is 0 Å². The first-order valence-electron chi connectivity index (χ1n) is 6.10. The van der Waals surface area contributed by atoms with Crippen molar-refractivity contribution < 1.29 is 14.2 Å². The molecule has 0 aromatic carbocycles. The average molecular weight is 254 g/mol. The lowest BCUT2D eigenvalue weighted by molar-refractivity contribution is 0.0587. The highest BCUT2D eigenvalue weighted by molar-refractivity contribution is 5.26. The van der Waals surface area contributed by atoms with Crippen LogP contribution in [0.15, 0.2) is 18.5 Å². The normalized spacial score (nSPS) is 12.4. The molecule has 0 radical (unpaired) electrons. The number of nitrogens with zero attached hydrogens (tertiary/aromatic N) is 1. The van der Waals surface area contributed by atoms with Crippen molar-refractivity contribution in [3.05, 3.63) is 24.0 Å². The van der Waals surface area contributed by atoms with Crippen molar-refractivity contribution in [3.63, 3.8) is 0 Å². The minimum Gasteiger partial charge on any atom is -0.495 e. The van der Waals surface area contributed by atoms with Gasteiger partial charge in [-0.3, -0.25) is 4.98 Å². The highest BCUT2D eigenvalue weighted by Crippen LogP contribution is 2.17. The van der Waals surface area contributed by atoms with Crippen LogP contribution < -0.4 is 10.1 Å². The maximum Gasteiger partial charge on any atom is 0.137 e. The van der Waals surface area contributed by atoms with Crippen molar-refractivity contribution in [1.82, 2.24) is 10.3 Å². The first-order valence-corrected chi connectivity index (χ1v) is 6.10. The minimum atomic E-state index is 0.120. The van der Waals surface area contributed by atoms with Crippen LogP contribution in [-0.4, -0.2) is 45.6 Å². The molecule has 1 rings (SSSR count). The molecule has 5 nitrogen and oxygen atoms in total. The van der Waals surface area contributed by atoms with Crippen molar-refractivity contribution in [1.29, 1.82) is 0 Å². The van der Waals surface area contributed by atoms with E-state index < -0.39 is 0 Å². The number of likely N-dealkylation sites (N-methyl/N-ethyl adjacent to an activating group) is 1. The molecule has 0 saturated heterocycles. The van der Waals surface area contributed by atoms with Gasteiger partial charge in [-0.05, 0) is 18.2 Å². The Balaban J connectivity index is 2.58. The van der Waals surface area contributed by atoms with Crippen molar-refractivity contribution in [2.45, 2.75) is 13.0 Å². The molecule has 0 aliphatic heterocycles. The standard InChI is InChI=1S/C13H22N2O3/c1-4-15-13(10-18-6-5-16-2)11-7-12(17-3)9-14-8-11/h7-9,13,15H,4-6,10H2,1-3H3. The summed E-state index contributed by atoms with van der Waals surface area (Å²) in [5.41, 5.74) is 1.06. The van der Waals surface area contributed by atoms with Crippen molar-refractivity contribution in [3.8, 4) is 5.75 Å². The van der Waals surface area contributed by atoms with E-state index in [2.05, 4.69) is 17.2 Å². The minimum absolute atomic E-state index is 0.120. The van der Waals surface area contributed by atoms with Crippen LogP contribution in [0.3, 0.4) is 0 Å². The van der Waals surface area contributed by atoms with Gasteiger partial charge in [-0.15, -0.1) is 0 Å². The van der Waals surface area contributed by atoms with E-state index in [0.717, 1.165) is 17.9 Å². The molecular weight excluding hydrogens is 232 g/mol. The lowest BCUT2D eigenvalue weighted by Gasteiger charge is -2.18. The molecule has 1 aromatic rings. The molecule has 0 spiro atoms. The van der Waals surface area contributed by atoms with Crippen molar-refractivity contribution in [2.75, 3.05) is 40.6 Å². The number of hydrogen-bond donors (Lipinski definition) is 1. The number of rotatable bonds is 9. The van der Waals surface area contributed by atoms with Crippen LogP contribution in [0.5, 0.6) is 5.75 Å². The third-order valence-electron chi connectivity index (χ3n) is 2.54. The summed E-state index contributed by atoms with van der Waals surface area (Å²) in [5.74, 6) is 0.757. The second kappa shape index (κ2) is 8.85. The van der Waals surface area contributed by atoms with Gasteiger partial charge in [0.2, 0.25) is 0 Å². The largest absolute Gasteiger partial charge is 0.495 e. The molecule has 1 atom stereocenters. The maximum absolute atomic E-state index is 5.56. The molecule has 1 heterocycles. The highest BCUT2D eigenvalue weighted by Gasteiger charge is 2.11. The van der Waals surface area contributed by atoms with Crippen LogP contribution in [0.25, 0.3) is 0 Å². The number of ether oxygens (including phenoxy) is 3. The smallest absolute Gasteiger partial charge is 0.137 e. The zero-order chi connectivity index (χ0) is 13.2. The van der Waals surface area contributed by atoms with Gasteiger partial charge in [0.25, 0.3) is 0 Å². The second-order valence-corrected chi connectivity index (χ2v) is 3.84. The van der Waals surface area contributed by atoms with Gasteiger partial charge in [-0.25, -0.2) is 0 Å². The molecule has 0 bridgehead atoms. The molecule has 0 amide bonds. The van der Waals surface area contributed by atoms with Crippen LogP contribution in [0.2, 0.25) is 0 Å². The molecule has 1 N–H and O–H groups in total. The van der Waals surface area contributed by atoms with Crippen LogP contribution in [-0.2, 0) is 9.47 Å². The summed E-state index contributed by atoms with van der Waals surface area (Å²) in [6.07, 6.45) is 3.52. The average Bonchev–Trinajstić information content (AvgIpc) is 2.42. The summed E-state index contributed by atoms with van der Waals surface area (Å²) >= 11 is 0. The Morgan fingerprint density at radius 3 is 2.78 bits per heavy atom. The second-order valence-electron chi connectivity index (χ2n) is 3.84. The van der Waals surface area contributed by atoms with Crippen molar-refractivity contribution >= 4 is 0 Å². The topological polar surface area (TPSA) is 52.6 Å². The Bertz CT molecular complexity index is 334. The Morgan fingerprint density at radius 1 is 1.28 bits per heavy atom. The first-order chi connectivity index (χ1) is 8.81. The zero-order valence-electron chi connectivity index (χ0n) is 11.3. The molecule has 0 aliphatic carbocycles. The Kier molecular flexibility index (Phi) is 7.32. The van der Waals surface area contributed by atoms with E-state index in [-0.39, 0.29) is 6.04 Å². The van der Waals surface area contributed by atoms with E-state index in [1.54, 1.807) is 20.4 Å². The van der Waals surface area contributed by atoms with E-state index in [9.17, 15) is 0 Å². The van der Waals surface area contributed by atoms with Crippen LogP contribution in [0.1, 0.15) is 18.5 Å². The lowest BCUT2D eigenvalue weighted by atomic mass is 10.1. The molecule has 0 aliphatic rings. The number of nitrogens with one attached hydrogen (secondary N) is 1. The van der Waals surface area contributed by atoms with Gasteiger partial charge < -0.3 is 19.5 Å². The van der Waals surface area contributed by atoms with E-state index in [0.29, 0.717) is 19.8 Å². The summed E-state index contributed by atoms with van der Waals surface area (Å²) in [6.45, 7) is 4.72. The number of methoxy groups -OCH3 is 2. The molecule has 0 saturated carbocycles. The summed E-state index contributed by atoms with van der Waals surface area (Å²) in [7, 11) is 3.30. The van der Waals surface area contributed by atoms with E-state index >= 15 is 0 Å². The molecule has 0 fully saturated rings. The van der Waals surface area contributed by atoms with E-state index in [1.165, 1.54) is 0 Å². The van der Waals surface area contributed by atoms with E-state index in [4.69, 9.17) is 14.2 Å². The first kappa shape index (κ1) is 14.9.